The second-order valence-electron chi connectivity index (χ2n) is 8.86. The average molecular weight is 436 g/mol. The summed E-state index contributed by atoms with van der Waals surface area (Å²) in [6, 6.07) is 31.7. The first-order chi connectivity index (χ1) is 16.2. The lowest BCUT2D eigenvalue weighted by Gasteiger charge is -2.33. The molecule has 5 rings (SSSR count). The summed E-state index contributed by atoms with van der Waals surface area (Å²) in [5.41, 5.74) is 8.46. The van der Waals surface area contributed by atoms with Crippen LogP contribution in [0.25, 0.3) is 11.3 Å². The highest BCUT2D eigenvalue weighted by Crippen LogP contribution is 2.39. The molecule has 0 saturated heterocycles. The molecule has 33 heavy (non-hydrogen) atoms. The van der Waals surface area contributed by atoms with Crippen LogP contribution in [-0.2, 0) is 19.6 Å². The van der Waals surface area contributed by atoms with Crippen molar-refractivity contribution in [2.75, 3.05) is 6.54 Å². The van der Waals surface area contributed by atoms with Crippen LogP contribution >= 0.6 is 0 Å². The van der Waals surface area contributed by atoms with Crippen LogP contribution in [0, 0.1) is 0 Å². The van der Waals surface area contributed by atoms with E-state index in [1.165, 1.54) is 22.4 Å². The molecule has 166 valence electrons. The van der Waals surface area contributed by atoms with Crippen LogP contribution in [0.5, 0.6) is 0 Å². The Morgan fingerprint density at radius 3 is 2.03 bits per heavy atom. The van der Waals surface area contributed by atoms with Gasteiger partial charge in [0.15, 0.2) is 0 Å². The fourth-order valence-corrected chi connectivity index (χ4v) is 5.20. The summed E-state index contributed by atoms with van der Waals surface area (Å²) in [4.78, 5) is 2.50. The normalized spacial score (nSPS) is 16.2. The van der Waals surface area contributed by atoms with Crippen molar-refractivity contribution in [1.82, 2.24) is 9.47 Å². The zero-order valence-corrected chi connectivity index (χ0v) is 18.9. The van der Waals surface area contributed by atoms with Crippen LogP contribution < -0.4 is 0 Å². The van der Waals surface area contributed by atoms with Crippen molar-refractivity contribution in [1.29, 1.82) is 0 Å². The molecule has 1 unspecified atom stereocenters. The second kappa shape index (κ2) is 9.47. The van der Waals surface area contributed by atoms with E-state index in [4.69, 9.17) is 0 Å². The molecule has 0 fully saturated rings. The third-order valence-corrected chi connectivity index (χ3v) is 6.50. The summed E-state index contributed by atoms with van der Waals surface area (Å²) in [5, 5.41) is 13.1. The third-order valence-electron chi connectivity index (χ3n) is 6.50. The fourth-order valence-electron chi connectivity index (χ4n) is 5.20. The van der Waals surface area contributed by atoms with Crippen LogP contribution in [0.3, 0.4) is 0 Å². The molecule has 0 aliphatic carbocycles. The van der Waals surface area contributed by atoms with E-state index in [9.17, 15) is 5.21 Å². The second-order valence-corrected chi connectivity index (χ2v) is 8.86. The predicted octanol–water partition coefficient (Wildman–Crippen LogP) is 6.13. The van der Waals surface area contributed by atoms with Gasteiger partial charge in [0.25, 0.3) is 0 Å². The van der Waals surface area contributed by atoms with Gasteiger partial charge >= 0.3 is 0 Å². The van der Waals surface area contributed by atoms with E-state index in [0.29, 0.717) is 5.92 Å². The van der Waals surface area contributed by atoms with Gasteiger partial charge in [0.1, 0.15) is 0 Å². The maximum atomic E-state index is 9.61. The number of aromatic nitrogens is 1. The third kappa shape index (κ3) is 4.35. The number of nitrogens with zero attached hydrogens (tertiary/aromatic N) is 3. The number of hydrogen-bond donors (Lipinski definition) is 1. The zero-order chi connectivity index (χ0) is 22.6. The van der Waals surface area contributed by atoms with E-state index in [-0.39, 0.29) is 0 Å². The quantitative estimate of drug-likeness (QED) is 0.225. The fraction of sp³-hybridized carbons (Fsp3) is 0.207. The van der Waals surface area contributed by atoms with Gasteiger partial charge in [0.05, 0.1) is 11.9 Å². The molecular formula is C29H29N3O. The van der Waals surface area contributed by atoms with Crippen molar-refractivity contribution in [2.45, 2.75) is 32.5 Å². The monoisotopic (exact) mass is 435 g/mol. The maximum Gasteiger partial charge on any atom is 0.0758 e. The highest BCUT2D eigenvalue weighted by Gasteiger charge is 2.32. The maximum absolute atomic E-state index is 9.61. The summed E-state index contributed by atoms with van der Waals surface area (Å²) < 4.78 is 2.45. The van der Waals surface area contributed by atoms with E-state index in [1.54, 1.807) is 6.21 Å². The summed E-state index contributed by atoms with van der Waals surface area (Å²) in [5.74, 6) is 0.351. The van der Waals surface area contributed by atoms with Crippen molar-refractivity contribution in [3.05, 3.63) is 119 Å². The van der Waals surface area contributed by atoms with E-state index in [0.717, 1.165) is 43.0 Å². The molecular weight excluding hydrogens is 406 g/mol. The van der Waals surface area contributed by atoms with Crippen molar-refractivity contribution in [3.8, 4) is 11.3 Å². The van der Waals surface area contributed by atoms with Gasteiger partial charge < -0.3 is 9.77 Å². The summed E-state index contributed by atoms with van der Waals surface area (Å²) in [6.45, 7) is 5.83. The lowest BCUT2D eigenvalue weighted by atomic mass is 9.94. The van der Waals surface area contributed by atoms with Gasteiger partial charge in [-0.15, -0.1) is 0 Å². The Bertz CT molecular complexity index is 1230. The molecule has 4 heteroatoms. The minimum absolute atomic E-state index is 0.351. The Morgan fingerprint density at radius 2 is 1.42 bits per heavy atom. The standard InChI is InChI=1S/C29H29N3O/c1-22-18-31(19-23-11-5-2-6-12-23)21-27-26(17-30-33)29(25-15-9-4-10-16-25)32(28(22)27)20-24-13-7-3-8-14-24/h2-17,22,33H,18-21H2,1H3. The van der Waals surface area contributed by atoms with E-state index in [2.05, 4.69) is 106 Å². The Morgan fingerprint density at radius 1 is 0.848 bits per heavy atom. The number of benzene rings is 3. The Kier molecular flexibility index (Phi) is 6.09. The highest BCUT2D eigenvalue weighted by atomic mass is 16.4. The topological polar surface area (TPSA) is 40.8 Å². The smallest absolute Gasteiger partial charge is 0.0758 e. The Hall–Kier alpha value is -3.63. The van der Waals surface area contributed by atoms with Crippen LogP contribution in [0.2, 0.25) is 0 Å². The lowest BCUT2D eigenvalue weighted by molar-refractivity contribution is 0.223. The molecule has 1 atom stereocenters. The molecule has 4 nitrogen and oxygen atoms in total. The summed E-state index contributed by atoms with van der Waals surface area (Å²) in [6.07, 6.45) is 1.63. The van der Waals surface area contributed by atoms with Crippen LogP contribution in [0.15, 0.2) is 96.2 Å². The molecule has 0 saturated carbocycles. The Labute approximate surface area is 195 Å². The SMILES string of the molecule is CC1CN(Cc2ccccc2)Cc2c(C=NO)c(-c3ccccc3)n(Cc3ccccc3)c21. The molecule has 1 aliphatic rings. The molecule has 3 aromatic carbocycles. The minimum atomic E-state index is 0.351. The highest BCUT2D eigenvalue weighted by molar-refractivity contribution is 5.92. The van der Waals surface area contributed by atoms with Crippen LogP contribution in [0.1, 0.15) is 40.8 Å². The number of hydrogen-bond acceptors (Lipinski definition) is 3. The molecule has 0 spiro atoms. The molecule has 0 radical (unpaired) electrons. The van der Waals surface area contributed by atoms with Crippen LogP contribution in [0.4, 0.5) is 0 Å². The van der Waals surface area contributed by atoms with Crippen molar-refractivity contribution >= 4 is 6.21 Å². The minimum Gasteiger partial charge on any atom is -0.411 e. The van der Waals surface area contributed by atoms with Gasteiger partial charge in [-0.3, -0.25) is 4.90 Å². The Balaban J connectivity index is 1.64. The summed E-state index contributed by atoms with van der Waals surface area (Å²) in [7, 11) is 0. The predicted molar refractivity (Wildman–Crippen MR) is 134 cm³/mol. The average Bonchev–Trinajstić information content (AvgIpc) is 3.14. The first kappa shape index (κ1) is 21.2. The van der Waals surface area contributed by atoms with E-state index in [1.807, 2.05) is 6.07 Å². The number of rotatable bonds is 6. The van der Waals surface area contributed by atoms with Gasteiger partial charge in [0.2, 0.25) is 0 Å². The van der Waals surface area contributed by atoms with Gasteiger partial charge in [-0.25, -0.2) is 0 Å². The van der Waals surface area contributed by atoms with Gasteiger partial charge in [-0.1, -0.05) is 103 Å². The first-order valence-corrected chi connectivity index (χ1v) is 11.5. The van der Waals surface area contributed by atoms with Crippen molar-refractivity contribution < 1.29 is 5.21 Å². The van der Waals surface area contributed by atoms with Crippen molar-refractivity contribution in [3.63, 3.8) is 0 Å². The molecule has 4 aromatic rings. The van der Waals surface area contributed by atoms with E-state index < -0.39 is 0 Å². The zero-order valence-electron chi connectivity index (χ0n) is 18.9. The molecule has 0 amide bonds. The molecule has 1 aliphatic heterocycles. The molecule has 1 N–H and O–H groups in total. The molecule has 1 aromatic heterocycles. The molecule has 0 bridgehead atoms. The van der Waals surface area contributed by atoms with Gasteiger partial charge in [0, 0.05) is 43.4 Å². The number of fused-ring (bicyclic) bond motifs is 1. The van der Waals surface area contributed by atoms with Crippen molar-refractivity contribution in [2.24, 2.45) is 5.16 Å². The van der Waals surface area contributed by atoms with Gasteiger partial charge in [-0.05, 0) is 22.3 Å². The van der Waals surface area contributed by atoms with Crippen LogP contribution in [-0.4, -0.2) is 27.4 Å². The summed E-state index contributed by atoms with van der Waals surface area (Å²) >= 11 is 0. The van der Waals surface area contributed by atoms with E-state index >= 15 is 0 Å². The molecule has 2 heterocycles. The van der Waals surface area contributed by atoms with Gasteiger partial charge in [-0.2, -0.15) is 0 Å². The first-order valence-electron chi connectivity index (χ1n) is 11.5. The largest absolute Gasteiger partial charge is 0.411 e. The number of oxime groups is 1. The lowest BCUT2D eigenvalue weighted by Crippen LogP contribution is -2.33.